The lowest BCUT2D eigenvalue weighted by Crippen LogP contribution is -2.28. The summed E-state index contributed by atoms with van der Waals surface area (Å²) in [6.45, 7) is 1.45. The number of benzene rings is 1. The zero-order valence-electron chi connectivity index (χ0n) is 22.5. The van der Waals surface area contributed by atoms with Crippen LogP contribution >= 0.6 is 0 Å². The second-order valence-electron chi connectivity index (χ2n) is 9.83. The normalized spacial score (nSPS) is 13.3. The number of rotatable bonds is 8. The van der Waals surface area contributed by atoms with Gasteiger partial charge in [0.05, 0.1) is 17.8 Å². The van der Waals surface area contributed by atoms with E-state index in [0.29, 0.717) is 35.6 Å². The average molecular weight is 585 g/mol. The summed E-state index contributed by atoms with van der Waals surface area (Å²) < 4.78 is 72.0. The smallest absolute Gasteiger partial charge is 0.416 e. The molecule has 0 amide bonds. The molecular formula is C28H25F5N8O. The molecule has 0 saturated heterocycles. The molecule has 0 unspecified atom stereocenters. The minimum absolute atomic E-state index is 0.141. The minimum atomic E-state index is -4.56. The molecule has 9 nitrogen and oxygen atoms in total. The first kappa shape index (κ1) is 28.7. The lowest BCUT2D eigenvalue weighted by molar-refractivity contribution is -0.140. The number of ether oxygens (including phenoxy) is 1. The van der Waals surface area contributed by atoms with E-state index in [-0.39, 0.29) is 42.2 Å². The second-order valence-corrected chi connectivity index (χ2v) is 9.83. The van der Waals surface area contributed by atoms with Crippen LogP contribution in [0.25, 0.3) is 22.8 Å². The first-order valence-electron chi connectivity index (χ1n) is 13.0. The Balaban J connectivity index is 1.44. The van der Waals surface area contributed by atoms with E-state index >= 15 is 0 Å². The Hall–Kier alpha value is -4.80. The Kier molecular flexibility index (Phi) is 7.93. The molecule has 218 valence electrons. The van der Waals surface area contributed by atoms with Crippen LogP contribution < -0.4 is 10.1 Å². The largest absolute Gasteiger partial charge is 0.434 e. The van der Waals surface area contributed by atoms with Crippen LogP contribution in [-0.2, 0) is 25.7 Å². The van der Waals surface area contributed by atoms with Crippen molar-refractivity contribution in [2.45, 2.75) is 52.2 Å². The number of anilines is 1. The van der Waals surface area contributed by atoms with Gasteiger partial charge in [-0.2, -0.15) is 27.2 Å². The van der Waals surface area contributed by atoms with Crippen molar-refractivity contribution in [2.75, 3.05) is 11.9 Å². The number of nitrogens with zero attached hydrogens (tertiary/aromatic N) is 7. The van der Waals surface area contributed by atoms with Gasteiger partial charge in [-0.05, 0) is 31.5 Å². The molecule has 0 saturated carbocycles. The summed E-state index contributed by atoms with van der Waals surface area (Å²) in [5.41, 5.74) is 1.91. The maximum absolute atomic E-state index is 13.3. The topological polar surface area (TPSA) is 105 Å². The molecule has 0 bridgehead atoms. The third-order valence-electron chi connectivity index (χ3n) is 6.67. The fraction of sp³-hybridized carbons (Fsp3) is 0.321. The van der Waals surface area contributed by atoms with E-state index in [1.807, 2.05) is 0 Å². The molecule has 3 aromatic heterocycles. The summed E-state index contributed by atoms with van der Waals surface area (Å²) in [6, 6.07) is 9.78. The summed E-state index contributed by atoms with van der Waals surface area (Å²) in [5, 5.41) is 12.7. The quantitative estimate of drug-likeness (QED) is 0.197. The molecule has 1 aliphatic heterocycles. The molecule has 1 aromatic carbocycles. The maximum Gasteiger partial charge on any atom is 0.434 e. The van der Waals surface area contributed by atoms with Crippen molar-refractivity contribution in [2.24, 2.45) is 0 Å². The van der Waals surface area contributed by atoms with Gasteiger partial charge >= 0.3 is 12.8 Å². The van der Waals surface area contributed by atoms with Crippen LogP contribution in [0.2, 0.25) is 0 Å². The molecule has 0 spiro atoms. The number of nitriles is 1. The van der Waals surface area contributed by atoms with Crippen molar-refractivity contribution in [3.63, 3.8) is 0 Å². The first-order valence-corrected chi connectivity index (χ1v) is 13.0. The predicted molar refractivity (Wildman–Crippen MR) is 142 cm³/mol. The molecule has 4 heterocycles. The molecule has 0 aliphatic carbocycles. The van der Waals surface area contributed by atoms with Crippen LogP contribution in [0.5, 0.6) is 5.88 Å². The summed E-state index contributed by atoms with van der Waals surface area (Å²) in [4.78, 5) is 18.5. The highest BCUT2D eigenvalue weighted by Gasteiger charge is 2.35. The number of aromatic nitrogens is 5. The maximum atomic E-state index is 13.3. The van der Waals surface area contributed by atoms with Crippen molar-refractivity contribution >= 4 is 5.82 Å². The van der Waals surface area contributed by atoms with Gasteiger partial charge in [-0.25, -0.2) is 19.9 Å². The molecular weight excluding hydrogens is 559 g/mol. The van der Waals surface area contributed by atoms with Gasteiger partial charge in [0.1, 0.15) is 11.6 Å². The number of nitrogens with one attached hydrogen (secondary N) is 1. The molecule has 0 radical (unpaired) electrons. The highest BCUT2D eigenvalue weighted by Crippen LogP contribution is 2.34. The van der Waals surface area contributed by atoms with E-state index in [0.717, 1.165) is 11.8 Å². The van der Waals surface area contributed by atoms with E-state index in [1.165, 1.54) is 16.8 Å². The van der Waals surface area contributed by atoms with Crippen LogP contribution in [0.4, 0.5) is 27.8 Å². The Morgan fingerprint density at radius 3 is 2.52 bits per heavy atom. The SMILES string of the molecule is CC(C)n1cc(C(F)(F)F)nc1-c1ccc(CNc2nc(-c3cccnc3OC(F)F)nc3c2CN(C#N)CC3)cc1. The standard InChI is InChI=1S/C28H25F5N8O/c1-16(2)41-14-22(28(31,32)33)38-25(41)18-7-5-17(6-8-18)12-36-23-20-13-40(15-34)11-9-21(20)37-24(39-23)19-4-3-10-35-26(19)42-27(29)30/h3-8,10,14,16,27H,9,11-13H2,1-2H3,(H,36,37,39). The monoisotopic (exact) mass is 584 g/mol. The van der Waals surface area contributed by atoms with Gasteiger partial charge in [0, 0.05) is 49.1 Å². The van der Waals surface area contributed by atoms with E-state index in [9.17, 15) is 27.2 Å². The number of hydrogen-bond donors (Lipinski definition) is 1. The highest BCUT2D eigenvalue weighted by atomic mass is 19.4. The van der Waals surface area contributed by atoms with Gasteiger partial charge in [0.25, 0.3) is 0 Å². The molecule has 0 fully saturated rings. The summed E-state index contributed by atoms with van der Waals surface area (Å²) >= 11 is 0. The number of imidazole rings is 1. The number of fused-ring (bicyclic) bond motifs is 1. The fourth-order valence-corrected chi connectivity index (χ4v) is 4.60. The van der Waals surface area contributed by atoms with Crippen LogP contribution in [0.1, 0.15) is 42.4 Å². The second kappa shape index (κ2) is 11.6. The Morgan fingerprint density at radius 2 is 1.86 bits per heavy atom. The third kappa shape index (κ3) is 6.09. The van der Waals surface area contributed by atoms with Gasteiger partial charge in [-0.3, -0.25) is 0 Å². The van der Waals surface area contributed by atoms with Crippen LogP contribution in [0, 0.1) is 11.5 Å². The fourth-order valence-electron chi connectivity index (χ4n) is 4.60. The van der Waals surface area contributed by atoms with Crippen LogP contribution in [0.15, 0.2) is 48.8 Å². The Morgan fingerprint density at radius 1 is 1.10 bits per heavy atom. The highest BCUT2D eigenvalue weighted by molar-refractivity contribution is 5.65. The first-order chi connectivity index (χ1) is 20.0. The molecule has 0 atom stereocenters. The number of halogens is 5. The zero-order valence-corrected chi connectivity index (χ0v) is 22.5. The van der Waals surface area contributed by atoms with Crippen molar-refractivity contribution in [3.05, 3.63) is 71.3 Å². The molecule has 1 N–H and O–H groups in total. The predicted octanol–water partition coefficient (Wildman–Crippen LogP) is 6.05. The summed E-state index contributed by atoms with van der Waals surface area (Å²) in [7, 11) is 0. The van der Waals surface area contributed by atoms with Gasteiger partial charge in [0.2, 0.25) is 5.88 Å². The van der Waals surface area contributed by atoms with Crippen molar-refractivity contribution < 1.29 is 26.7 Å². The van der Waals surface area contributed by atoms with Crippen molar-refractivity contribution in [3.8, 4) is 34.8 Å². The van der Waals surface area contributed by atoms with Gasteiger partial charge in [-0.15, -0.1) is 0 Å². The van der Waals surface area contributed by atoms with Crippen LogP contribution in [-0.4, -0.2) is 42.6 Å². The Labute approximate surface area is 237 Å². The van der Waals surface area contributed by atoms with Gasteiger partial charge in [-0.1, -0.05) is 24.3 Å². The van der Waals surface area contributed by atoms with E-state index in [4.69, 9.17) is 0 Å². The average Bonchev–Trinajstić information content (AvgIpc) is 3.43. The third-order valence-corrected chi connectivity index (χ3v) is 6.67. The van der Waals surface area contributed by atoms with Gasteiger partial charge < -0.3 is 19.5 Å². The molecule has 1 aliphatic rings. The zero-order chi connectivity index (χ0) is 30.0. The number of pyridine rings is 1. The molecule has 42 heavy (non-hydrogen) atoms. The van der Waals surface area contributed by atoms with Crippen molar-refractivity contribution in [1.29, 1.82) is 5.26 Å². The molecule has 4 aromatic rings. The van der Waals surface area contributed by atoms with Crippen molar-refractivity contribution in [1.82, 2.24) is 29.4 Å². The summed E-state index contributed by atoms with van der Waals surface area (Å²) in [6.07, 6.45) is 0.342. The van der Waals surface area contributed by atoms with E-state index in [2.05, 4.69) is 36.2 Å². The molecule has 14 heteroatoms. The Bertz CT molecular complexity index is 1610. The molecule has 5 rings (SSSR count). The summed E-state index contributed by atoms with van der Waals surface area (Å²) in [5.74, 6) is 0.455. The minimum Gasteiger partial charge on any atom is -0.416 e. The van der Waals surface area contributed by atoms with Gasteiger partial charge in [0.15, 0.2) is 17.7 Å². The van der Waals surface area contributed by atoms with E-state index < -0.39 is 18.5 Å². The lowest BCUT2D eigenvalue weighted by Gasteiger charge is -2.26. The number of hydrogen-bond acceptors (Lipinski definition) is 8. The lowest BCUT2D eigenvalue weighted by atomic mass is 10.1. The van der Waals surface area contributed by atoms with E-state index in [1.54, 1.807) is 49.1 Å². The number of alkyl halides is 5. The van der Waals surface area contributed by atoms with Crippen LogP contribution in [0.3, 0.4) is 0 Å².